The number of amides is 2. The van der Waals surface area contributed by atoms with E-state index in [0.717, 1.165) is 4.31 Å². The highest BCUT2D eigenvalue weighted by Gasteiger charge is 2.24. The van der Waals surface area contributed by atoms with Crippen LogP contribution in [0.2, 0.25) is 0 Å². The number of anilines is 1. The van der Waals surface area contributed by atoms with E-state index in [0.29, 0.717) is 18.8 Å². The molecule has 8 nitrogen and oxygen atoms in total. The SMILES string of the molecule is CNCCN(C)C(=O)CN(C)S(=O)(=O)c1ccc(NC(C)=O)cc1.Cl. The lowest BCUT2D eigenvalue weighted by molar-refractivity contribution is -0.129. The van der Waals surface area contributed by atoms with Gasteiger partial charge >= 0.3 is 0 Å². The van der Waals surface area contributed by atoms with Crippen molar-refractivity contribution in [3.63, 3.8) is 0 Å². The van der Waals surface area contributed by atoms with E-state index < -0.39 is 10.0 Å². The van der Waals surface area contributed by atoms with E-state index in [1.54, 1.807) is 14.1 Å². The summed E-state index contributed by atoms with van der Waals surface area (Å²) in [5.41, 5.74) is 0.506. The zero-order valence-electron chi connectivity index (χ0n) is 14.8. The number of nitrogens with zero attached hydrogens (tertiary/aromatic N) is 2. The Bertz CT molecular complexity index is 679. The topological polar surface area (TPSA) is 98.8 Å². The first-order valence-corrected chi connectivity index (χ1v) is 8.85. The number of likely N-dealkylation sites (N-methyl/N-ethyl adjacent to an activating group) is 3. The van der Waals surface area contributed by atoms with E-state index in [9.17, 15) is 18.0 Å². The second-order valence-electron chi connectivity index (χ2n) is 5.39. The highest BCUT2D eigenvalue weighted by molar-refractivity contribution is 7.89. The van der Waals surface area contributed by atoms with E-state index in [1.807, 2.05) is 0 Å². The summed E-state index contributed by atoms with van der Waals surface area (Å²) in [6.07, 6.45) is 0. The average molecular weight is 393 g/mol. The van der Waals surface area contributed by atoms with Gasteiger partial charge in [0.2, 0.25) is 21.8 Å². The predicted molar refractivity (Wildman–Crippen MR) is 99.4 cm³/mol. The Morgan fingerprint density at radius 3 is 2.16 bits per heavy atom. The van der Waals surface area contributed by atoms with Crippen molar-refractivity contribution in [3.05, 3.63) is 24.3 Å². The quantitative estimate of drug-likeness (QED) is 0.665. The number of halogens is 1. The lowest BCUT2D eigenvalue weighted by atomic mass is 10.3. The fourth-order valence-electron chi connectivity index (χ4n) is 1.89. The first-order chi connectivity index (χ1) is 11.2. The van der Waals surface area contributed by atoms with Crippen LogP contribution < -0.4 is 10.6 Å². The van der Waals surface area contributed by atoms with E-state index >= 15 is 0 Å². The summed E-state index contributed by atoms with van der Waals surface area (Å²) in [5, 5.41) is 5.49. The Morgan fingerprint density at radius 2 is 1.68 bits per heavy atom. The third-order valence-corrected chi connectivity index (χ3v) is 5.18. The largest absolute Gasteiger partial charge is 0.343 e. The normalized spacial score (nSPS) is 10.9. The molecule has 10 heteroatoms. The third-order valence-electron chi connectivity index (χ3n) is 3.36. The van der Waals surface area contributed by atoms with Gasteiger partial charge in [-0.3, -0.25) is 9.59 Å². The number of carbonyl (C=O) groups is 2. The summed E-state index contributed by atoms with van der Waals surface area (Å²) in [6, 6.07) is 5.80. The Hall–Kier alpha value is -1.68. The van der Waals surface area contributed by atoms with Crippen molar-refractivity contribution in [1.29, 1.82) is 0 Å². The van der Waals surface area contributed by atoms with E-state index in [-0.39, 0.29) is 35.7 Å². The standard InChI is InChI=1S/C15H24N4O4S.ClH/c1-12(20)17-13-5-7-14(8-6-13)24(22,23)19(4)11-15(21)18(3)10-9-16-2;/h5-8,16H,9-11H2,1-4H3,(H,17,20);1H. The number of rotatable bonds is 8. The van der Waals surface area contributed by atoms with Crippen molar-refractivity contribution < 1.29 is 18.0 Å². The van der Waals surface area contributed by atoms with Gasteiger partial charge in [-0.15, -0.1) is 12.4 Å². The van der Waals surface area contributed by atoms with Gasteiger partial charge in [0.1, 0.15) is 0 Å². The molecule has 0 aliphatic carbocycles. The van der Waals surface area contributed by atoms with Crippen molar-refractivity contribution in [1.82, 2.24) is 14.5 Å². The van der Waals surface area contributed by atoms with Crippen LogP contribution in [0.4, 0.5) is 5.69 Å². The Morgan fingerprint density at radius 1 is 1.12 bits per heavy atom. The number of hydrogen-bond acceptors (Lipinski definition) is 5. The third kappa shape index (κ3) is 6.99. The molecule has 1 aromatic carbocycles. The number of sulfonamides is 1. The van der Waals surface area contributed by atoms with Crippen LogP contribution in [0, 0.1) is 0 Å². The highest BCUT2D eigenvalue weighted by Crippen LogP contribution is 2.17. The van der Waals surface area contributed by atoms with Crippen LogP contribution in [0.25, 0.3) is 0 Å². The molecule has 0 atom stereocenters. The maximum absolute atomic E-state index is 12.5. The van der Waals surface area contributed by atoms with Crippen LogP contribution in [0.3, 0.4) is 0 Å². The van der Waals surface area contributed by atoms with Gasteiger partial charge in [0, 0.05) is 39.8 Å². The molecule has 0 aliphatic heterocycles. The van der Waals surface area contributed by atoms with E-state index in [2.05, 4.69) is 10.6 Å². The molecule has 0 aliphatic rings. The zero-order chi connectivity index (χ0) is 18.3. The first kappa shape index (κ1) is 23.3. The molecule has 0 saturated carbocycles. The van der Waals surface area contributed by atoms with E-state index in [4.69, 9.17) is 0 Å². The Labute approximate surface area is 155 Å². The minimum absolute atomic E-state index is 0. The molecule has 0 bridgehead atoms. The fourth-order valence-corrected chi connectivity index (χ4v) is 3.01. The molecule has 2 N–H and O–H groups in total. The molecular formula is C15H25ClN4O4S. The minimum Gasteiger partial charge on any atom is -0.343 e. The van der Waals surface area contributed by atoms with Crippen LogP contribution in [0.5, 0.6) is 0 Å². The second kappa shape index (κ2) is 10.3. The molecule has 0 saturated heterocycles. The molecule has 0 heterocycles. The van der Waals surface area contributed by atoms with Crippen LogP contribution in [-0.2, 0) is 19.6 Å². The molecule has 2 amide bonds. The predicted octanol–water partition coefficient (Wildman–Crippen LogP) is 0.365. The van der Waals surface area contributed by atoms with Crippen molar-refractivity contribution >= 4 is 39.9 Å². The van der Waals surface area contributed by atoms with Gasteiger partial charge in [-0.25, -0.2) is 8.42 Å². The van der Waals surface area contributed by atoms with Crippen LogP contribution >= 0.6 is 12.4 Å². The number of nitrogens with one attached hydrogen (secondary N) is 2. The summed E-state index contributed by atoms with van der Waals surface area (Å²) < 4.78 is 26.0. The fraction of sp³-hybridized carbons (Fsp3) is 0.467. The monoisotopic (exact) mass is 392 g/mol. The van der Waals surface area contributed by atoms with Crippen LogP contribution in [-0.4, -0.2) is 70.2 Å². The molecule has 25 heavy (non-hydrogen) atoms. The maximum atomic E-state index is 12.5. The van der Waals surface area contributed by atoms with Gasteiger partial charge in [0.15, 0.2) is 0 Å². The average Bonchev–Trinajstić information content (AvgIpc) is 2.52. The van der Waals surface area contributed by atoms with Gasteiger partial charge in [-0.2, -0.15) is 4.31 Å². The van der Waals surface area contributed by atoms with Gasteiger partial charge in [-0.05, 0) is 31.3 Å². The lowest BCUT2D eigenvalue weighted by Crippen LogP contribution is -2.41. The van der Waals surface area contributed by atoms with Crippen LogP contribution in [0.1, 0.15) is 6.92 Å². The molecule has 0 fully saturated rings. The maximum Gasteiger partial charge on any atom is 0.243 e. The van der Waals surface area contributed by atoms with Crippen LogP contribution in [0.15, 0.2) is 29.2 Å². The summed E-state index contributed by atoms with van der Waals surface area (Å²) in [5.74, 6) is -0.524. The smallest absolute Gasteiger partial charge is 0.243 e. The number of benzene rings is 1. The second-order valence-corrected chi connectivity index (χ2v) is 7.43. The number of hydrogen-bond donors (Lipinski definition) is 2. The molecule has 0 aromatic heterocycles. The molecule has 0 unspecified atom stereocenters. The highest BCUT2D eigenvalue weighted by atomic mass is 35.5. The molecule has 1 aromatic rings. The zero-order valence-corrected chi connectivity index (χ0v) is 16.4. The molecular weight excluding hydrogens is 368 g/mol. The number of carbonyl (C=O) groups excluding carboxylic acids is 2. The summed E-state index contributed by atoms with van der Waals surface area (Å²) >= 11 is 0. The first-order valence-electron chi connectivity index (χ1n) is 7.41. The Balaban J connectivity index is 0.00000576. The van der Waals surface area contributed by atoms with Gasteiger partial charge < -0.3 is 15.5 Å². The molecule has 142 valence electrons. The van der Waals surface area contributed by atoms with Crippen molar-refractivity contribution in [3.8, 4) is 0 Å². The molecule has 1 rings (SSSR count). The van der Waals surface area contributed by atoms with Crippen molar-refractivity contribution in [2.75, 3.05) is 46.1 Å². The van der Waals surface area contributed by atoms with Gasteiger partial charge in [-0.1, -0.05) is 0 Å². The Kier molecular flexibility index (Phi) is 9.65. The van der Waals surface area contributed by atoms with Gasteiger partial charge in [0.25, 0.3) is 0 Å². The minimum atomic E-state index is -3.78. The summed E-state index contributed by atoms with van der Waals surface area (Å²) in [6.45, 7) is 2.25. The van der Waals surface area contributed by atoms with E-state index in [1.165, 1.54) is 43.1 Å². The van der Waals surface area contributed by atoms with Crippen molar-refractivity contribution in [2.45, 2.75) is 11.8 Å². The molecule has 0 radical (unpaired) electrons. The lowest BCUT2D eigenvalue weighted by Gasteiger charge is -2.22. The van der Waals surface area contributed by atoms with Gasteiger partial charge in [0.05, 0.1) is 11.4 Å². The van der Waals surface area contributed by atoms with Crippen molar-refractivity contribution in [2.24, 2.45) is 0 Å². The molecule has 0 spiro atoms. The summed E-state index contributed by atoms with van der Waals surface area (Å²) in [4.78, 5) is 24.6. The summed E-state index contributed by atoms with van der Waals surface area (Å²) in [7, 11) is 0.991.